The maximum Gasteiger partial charge on any atom is 0.339 e. The number of nitrogens with zero attached hydrogens (tertiary/aromatic N) is 1. The lowest BCUT2D eigenvalue weighted by atomic mass is 9.86. The molecule has 0 saturated heterocycles. The van der Waals surface area contributed by atoms with Crippen molar-refractivity contribution in [2.24, 2.45) is 5.10 Å². The van der Waals surface area contributed by atoms with Gasteiger partial charge in [-0.25, -0.2) is 10.2 Å². The molecule has 32 heavy (non-hydrogen) atoms. The Morgan fingerprint density at radius 3 is 2.47 bits per heavy atom. The number of amides is 1. The van der Waals surface area contributed by atoms with Crippen LogP contribution in [0.15, 0.2) is 64.1 Å². The first-order valence-corrected chi connectivity index (χ1v) is 10.4. The van der Waals surface area contributed by atoms with Crippen LogP contribution in [0.5, 0.6) is 0 Å². The van der Waals surface area contributed by atoms with E-state index in [1.165, 1.54) is 18.9 Å². The minimum absolute atomic E-state index is 0.0693. The molecule has 3 rings (SSSR count). The monoisotopic (exact) mass is 452 g/mol. The maximum absolute atomic E-state index is 12.2. The topological polar surface area (TPSA) is 80.9 Å². The highest BCUT2D eigenvalue weighted by Gasteiger charge is 2.14. The number of nitrogens with one attached hydrogen (secondary N) is 1. The van der Waals surface area contributed by atoms with Crippen LogP contribution in [-0.2, 0) is 21.4 Å². The van der Waals surface area contributed by atoms with Crippen molar-refractivity contribution in [3.8, 4) is 11.3 Å². The molecule has 0 spiro atoms. The fourth-order valence-electron chi connectivity index (χ4n) is 3.04. The van der Waals surface area contributed by atoms with Gasteiger partial charge in [-0.2, -0.15) is 5.10 Å². The van der Waals surface area contributed by atoms with Crippen molar-refractivity contribution in [2.75, 3.05) is 7.11 Å². The third-order valence-corrected chi connectivity index (χ3v) is 5.18. The molecule has 1 N–H and O–H groups in total. The predicted molar refractivity (Wildman–Crippen MR) is 125 cm³/mol. The quantitative estimate of drug-likeness (QED) is 0.309. The molecular weight excluding hydrogens is 428 g/mol. The second-order valence-electron chi connectivity index (χ2n) is 8.31. The van der Waals surface area contributed by atoms with Gasteiger partial charge in [0.1, 0.15) is 11.5 Å². The third-order valence-electron chi connectivity index (χ3n) is 4.85. The van der Waals surface area contributed by atoms with Gasteiger partial charge in [-0.15, -0.1) is 0 Å². The molecule has 0 saturated carbocycles. The van der Waals surface area contributed by atoms with Gasteiger partial charge in [-0.3, -0.25) is 4.79 Å². The van der Waals surface area contributed by atoms with Crippen LogP contribution in [0.4, 0.5) is 0 Å². The lowest BCUT2D eigenvalue weighted by molar-refractivity contribution is -0.120. The zero-order chi connectivity index (χ0) is 23.3. The Kier molecular flexibility index (Phi) is 7.15. The Balaban J connectivity index is 1.60. The van der Waals surface area contributed by atoms with Gasteiger partial charge < -0.3 is 9.15 Å². The van der Waals surface area contributed by atoms with E-state index in [4.69, 9.17) is 20.8 Å². The fraction of sp³-hybridized carbons (Fsp3) is 0.240. The minimum Gasteiger partial charge on any atom is -0.465 e. The van der Waals surface area contributed by atoms with Gasteiger partial charge in [0.05, 0.1) is 30.3 Å². The molecule has 1 aromatic heterocycles. The molecule has 0 aliphatic carbocycles. The van der Waals surface area contributed by atoms with Crippen LogP contribution in [0, 0.1) is 0 Å². The molecule has 3 aromatic rings. The molecule has 1 heterocycles. The summed E-state index contributed by atoms with van der Waals surface area (Å²) in [6.07, 6.45) is 1.65. The summed E-state index contributed by atoms with van der Waals surface area (Å²) in [4.78, 5) is 24.0. The molecule has 2 aromatic carbocycles. The molecule has 0 fully saturated rings. The number of carbonyl (C=O) groups excluding carboxylic acids is 2. The Hall–Kier alpha value is -3.38. The molecule has 6 nitrogen and oxygen atoms in total. The van der Waals surface area contributed by atoms with Crippen LogP contribution < -0.4 is 5.43 Å². The molecule has 0 bridgehead atoms. The van der Waals surface area contributed by atoms with Crippen LogP contribution in [0.1, 0.15) is 48.0 Å². The summed E-state index contributed by atoms with van der Waals surface area (Å²) in [5.41, 5.74) is 5.62. The van der Waals surface area contributed by atoms with E-state index in [1.807, 2.05) is 24.3 Å². The van der Waals surface area contributed by atoms with Gasteiger partial charge in [0.2, 0.25) is 5.91 Å². The summed E-state index contributed by atoms with van der Waals surface area (Å²) in [5, 5.41) is 4.26. The number of esters is 1. The molecule has 0 atom stereocenters. The van der Waals surface area contributed by atoms with Crippen LogP contribution in [0.25, 0.3) is 11.3 Å². The average molecular weight is 453 g/mol. The van der Waals surface area contributed by atoms with Gasteiger partial charge in [-0.05, 0) is 46.9 Å². The molecule has 0 aliphatic rings. The SMILES string of the molecule is COC(=O)c1cc(-c2ccc(/C=N\NC(=O)Cc3ccc(C(C)(C)C)cc3)o2)ccc1Cl. The number of ether oxygens (including phenoxy) is 1. The Morgan fingerprint density at radius 2 is 1.81 bits per heavy atom. The van der Waals surface area contributed by atoms with Crippen molar-refractivity contribution in [2.45, 2.75) is 32.6 Å². The van der Waals surface area contributed by atoms with Crippen molar-refractivity contribution in [1.82, 2.24) is 5.43 Å². The second-order valence-corrected chi connectivity index (χ2v) is 8.71. The standard InChI is InChI=1S/C25H25ClN2O4/c1-25(2,3)18-8-5-16(6-9-18)13-23(29)28-27-15-19-10-12-22(32-19)17-7-11-21(26)20(14-17)24(30)31-4/h5-12,14-15H,13H2,1-4H3,(H,28,29)/b27-15-. The Labute approximate surface area is 192 Å². The van der Waals surface area contributed by atoms with E-state index in [0.29, 0.717) is 22.1 Å². The zero-order valence-corrected chi connectivity index (χ0v) is 19.2. The van der Waals surface area contributed by atoms with E-state index >= 15 is 0 Å². The lowest BCUT2D eigenvalue weighted by Gasteiger charge is -2.19. The number of furan rings is 1. The number of hydrogen-bond donors (Lipinski definition) is 1. The van der Waals surface area contributed by atoms with E-state index in [9.17, 15) is 9.59 Å². The highest BCUT2D eigenvalue weighted by atomic mass is 35.5. The van der Waals surface area contributed by atoms with Gasteiger partial charge in [0.15, 0.2) is 0 Å². The molecule has 0 unspecified atom stereocenters. The fourth-order valence-corrected chi connectivity index (χ4v) is 3.23. The van der Waals surface area contributed by atoms with Crippen molar-refractivity contribution in [3.63, 3.8) is 0 Å². The second kappa shape index (κ2) is 9.83. The molecule has 7 heteroatoms. The molecule has 0 radical (unpaired) electrons. The summed E-state index contributed by atoms with van der Waals surface area (Å²) in [6.45, 7) is 6.44. The predicted octanol–water partition coefficient (Wildman–Crippen LogP) is 5.38. The summed E-state index contributed by atoms with van der Waals surface area (Å²) in [5.74, 6) is 0.223. The van der Waals surface area contributed by atoms with E-state index in [2.05, 4.69) is 31.3 Å². The number of halogens is 1. The van der Waals surface area contributed by atoms with E-state index in [0.717, 1.165) is 5.56 Å². The molecule has 0 aliphatic heterocycles. The number of methoxy groups -OCH3 is 1. The summed E-state index contributed by atoms with van der Waals surface area (Å²) in [6, 6.07) is 16.4. The van der Waals surface area contributed by atoms with Crippen LogP contribution in [0.2, 0.25) is 5.02 Å². The van der Waals surface area contributed by atoms with Crippen molar-refractivity contribution < 1.29 is 18.7 Å². The van der Waals surface area contributed by atoms with Gasteiger partial charge in [-0.1, -0.05) is 56.6 Å². The highest BCUT2D eigenvalue weighted by Crippen LogP contribution is 2.27. The van der Waals surface area contributed by atoms with Gasteiger partial charge >= 0.3 is 5.97 Å². The summed E-state index contributed by atoms with van der Waals surface area (Å²) >= 11 is 6.05. The number of hydrazone groups is 1. The summed E-state index contributed by atoms with van der Waals surface area (Å²) < 4.78 is 10.5. The zero-order valence-electron chi connectivity index (χ0n) is 18.4. The van der Waals surface area contributed by atoms with Gasteiger partial charge in [0.25, 0.3) is 0 Å². The van der Waals surface area contributed by atoms with Crippen LogP contribution in [0.3, 0.4) is 0 Å². The van der Waals surface area contributed by atoms with Crippen LogP contribution >= 0.6 is 11.6 Å². The molecule has 1 amide bonds. The number of hydrogen-bond acceptors (Lipinski definition) is 5. The van der Waals surface area contributed by atoms with E-state index < -0.39 is 5.97 Å². The van der Waals surface area contributed by atoms with Crippen LogP contribution in [-0.4, -0.2) is 25.2 Å². The first kappa shape index (κ1) is 23.3. The van der Waals surface area contributed by atoms with Crippen molar-refractivity contribution >= 4 is 29.7 Å². The molecule has 166 valence electrons. The van der Waals surface area contributed by atoms with Crippen molar-refractivity contribution in [1.29, 1.82) is 0 Å². The average Bonchev–Trinajstić information content (AvgIpc) is 3.22. The maximum atomic E-state index is 12.2. The molecular formula is C25H25ClN2O4. The lowest BCUT2D eigenvalue weighted by Crippen LogP contribution is -2.20. The normalized spacial score (nSPS) is 11.5. The first-order chi connectivity index (χ1) is 15.2. The third kappa shape index (κ3) is 5.86. The highest BCUT2D eigenvalue weighted by molar-refractivity contribution is 6.33. The van der Waals surface area contributed by atoms with E-state index in [1.54, 1.807) is 30.3 Å². The van der Waals surface area contributed by atoms with Gasteiger partial charge in [0, 0.05) is 5.56 Å². The number of rotatable bonds is 6. The van der Waals surface area contributed by atoms with Crippen molar-refractivity contribution in [3.05, 3.63) is 82.1 Å². The van der Waals surface area contributed by atoms with E-state index in [-0.39, 0.29) is 23.3 Å². The first-order valence-electron chi connectivity index (χ1n) is 10.1. The minimum atomic E-state index is -0.527. The number of carbonyl (C=O) groups is 2. The summed E-state index contributed by atoms with van der Waals surface area (Å²) in [7, 11) is 1.29. The Bertz CT molecular complexity index is 1140. The largest absolute Gasteiger partial charge is 0.465 e. The Morgan fingerprint density at radius 1 is 1.09 bits per heavy atom. The smallest absolute Gasteiger partial charge is 0.339 e. The number of benzene rings is 2.